The van der Waals surface area contributed by atoms with E-state index in [1.807, 2.05) is 36.4 Å². The van der Waals surface area contributed by atoms with Crippen molar-refractivity contribution in [2.45, 2.75) is 26.8 Å². The molecule has 0 unspecified atom stereocenters. The van der Waals surface area contributed by atoms with E-state index < -0.39 is 0 Å². The first-order valence-electron chi connectivity index (χ1n) is 7.31. The topological polar surface area (TPSA) is 46.3 Å². The van der Waals surface area contributed by atoms with Gasteiger partial charge in [0.25, 0.3) is 0 Å². The fraction of sp³-hybridized carbons (Fsp3) is 0.278. The molecule has 2 aromatic rings. The van der Waals surface area contributed by atoms with Gasteiger partial charge in [-0.05, 0) is 37.1 Å². The monoisotopic (exact) mass is 282 g/mol. The molecule has 0 bridgehead atoms. The number of hydrogen-bond donors (Lipinski definition) is 1. The second-order valence-electron chi connectivity index (χ2n) is 5.23. The van der Waals surface area contributed by atoms with E-state index in [9.17, 15) is 4.79 Å². The average molecular weight is 282 g/mol. The molecular formula is C18H22N2O. The third-order valence-electron chi connectivity index (χ3n) is 3.49. The van der Waals surface area contributed by atoms with Crippen molar-refractivity contribution in [2.24, 2.45) is 0 Å². The Morgan fingerprint density at radius 2 is 1.86 bits per heavy atom. The number of ketones is 1. The van der Waals surface area contributed by atoms with Crippen LogP contribution in [-0.4, -0.2) is 12.3 Å². The van der Waals surface area contributed by atoms with E-state index in [0.717, 1.165) is 25.2 Å². The Labute approximate surface area is 126 Å². The van der Waals surface area contributed by atoms with Crippen LogP contribution in [0.1, 0.15) is 36.2 Å². The van der Waals surface area contributed by atoms with E-state index in [2.05, 4.69) is 24.0 Å². The van der Waals surface area contributed by atoms with E-state index in [0.29, 0.717) is 11.3 Å². The standard InChI is InChI=1S/C18H22N2O/c1-3-11-20(13-15-7-5-4-6-8-15)16-9-10-17(14(2)21)18(19)12-16/h4-10,12H,3,11,13,19H2,1-2H3. The van der Waals surface area contributed by atoms with Crippen LogP contribution in [0.2, 0.25) is 0 Å². The number of Topliss-reactive ketones (excluding diaryl/α,β-unsaturated/α-hetero) is 1. The zero-order valence-corrected chi connectivity index (χ0v) is 12.7. The molecule has 0 spiro atoms. The summed E-state index contributed by atoms with van der Waals surface area (Å²) in [4.78, 5) is 13.8. The maximum atomic E-state index is 11.5. The lowest BCUT2D eigenvalue weighted by Gasteiger charge is -2.25. The summed E-state index contributed by atoms with van der Waals surface area (Å²) >= 11 is 0. The molecule has 2 aromatic carbocycles. The van der Waals surface area contributed by atoms with E-state index in [1.54, 1.807) is 6.92 Å². The second kappa shape index (κ2) is 6.93. The number of nitrogens with zero attached hydrogens (tertiary/aromatic N) is 1. The van der Waals surface area contributed by atoms with E-state index in [4.69, 9.17) is 5.73 Å². The molecule has 0 heterocycles. The van der Waals surface area contributed by atoms with Gasteiger partial charge in [0.15, 0.2) is 5.78 Å². The van der Waals surface area contributed by atoms with Crippen molar-refractivity contribution in [1.29, 1.82) is 0 Å². The van der Waals surface area contributed by atoms with E-state index in [1.165, 1.54) is 5.56 Å². The smallest absolute Gasteiger partial charge is 0.161 e. The highest BCUT2D eigenvalue weighted by molar-refractivity contribution is 5.99. The molecule has 2 N–H and O–H groups in total. The maximum Gasteiger partial charge on any atom is 0.161 e. The molecule has 0 aromatic heterocycles. The second-order valence-corrected chi connectivity index (χ2v) is 5.23. The van der Waals surface area contributed by atoms with Gasteiger partial charge < -0.3 is 10.6 Å². The minimum atomic E-state index is 0.00384. The SMILES string of the molecule is CCCN(Cc1ccccc1)c1ccc(C(C)=O)c(N)c1. The van der Waals surface area contributed by atoms with Gasteiger partial charge in [0.2, 0.25) is 0 Å². The van der Waals surface area contributed by atoms with Gasteiger partial charge in [-0.2, -0.15) is 0 Å². The van der Waals surface area contributed by atoms with Crippen molar-refractivity contribution in [3.63, 3.8) is 0 Å². The molecule has 0 atom stereocenters. The molecule has 0 fully saturated rings. The van der Waals surface area contributed by atoms with Gasteiger partial charge in [0, 0.05) is 30.0 Å². The highest BCUT2D eigenvalue weighted by Crippen LogP contribution is 2.23. The molecule has 0 radical (unpaired) electrons. The van der Waals surface area contributed by atoms with E-state index in [-0.39, 0.29) is 5.78 Å². The molecule has 21 heavy (non-hydrogen) atoms. The lowest BCUT2D eigenvalue weighted by atomic mass is 10.1. The van der Waals surface area contributed by atoms with Crippen LogP contribution in [-0.2, 0) is 6.54 Å². The highest BCUT2D eigenvalue weighted by Gasteiger charge is 2.10. The van der Waals surface area contributed by atoms with E-state index >= 15 is 0 Å². The molecule has 3 nitrogen and oxygen atoms in total. The van der Waals surface area contributed by atoms with Crippen LogP contribution in [0, 0.1) is 0 Å². The number of rotatable bonds is 6. The first-order valence-corrected chi connectivity index (χ1v) is 7.31. The minimum absolute atomic E-state index is 0.00384. The summed E-state index contributed by atoms with van der Waals surface area (Å²) in [7, 11) is 0. The third-order valence-corrected chi connectivity index (χ3v) is 3.49. The Morgan fingerprint density at radius 1 is 1.14 bits per heavy atom. The number of anilines is 2. The minimum Gasteiger partial charge on any atom is -0.398 e. The predicted molar refractivity (Wildman–Crippen MR) is 88.6 cm³/mol. The van der Waals surface area contributed by atoms with Gasteiger partial charge in [-0.25, -0.2) is 0 Å². The fourth-order valence-corrected chi connectivity index (χ4v) is 2.44. The normalized spacial score (nSPS) is 10.4. The summed E-state index contributed by atoms with van der Waals surface area (Å²) in [6, 6.07) is 16.1. The summed E-state index contributed by atoms with van der Waals surface area (Å²) < 4.78 is 0. The van der Waals surface area contributed by atoms with Crippen LogP contribution in [0.25, 0.3) is 0 Å². The third kappa shape index (κ3) is 3.85. The average Bonchev–Trinajstić information content (AvgIpc) is 2.47. The zero-order chi connectivity index (χ0) is 15.2. The molecule has 0 amide bonds. The molecule has 110 valence electrons. The number of hydrogen-bond acceptors (Lipinski definition) is 3. The van der Waals surface area contributed by atoms with Crippen molar-refractivity contribution in [3.05, 3.63) is 59.7 Å². The first kappa shape index (κ1) is 15.1. The quantitative estimate of drug-likeness (QED) is 0.646. The number of benzene rings is 2. The molecule has 3 heteroatoms. The molecule has 0 aliphatic heterocycles. The first-order chi connectivity index (χ1) is 10.1. The Hall–Kier alpha value is -2.29. The maximum absolute atomic E-state index is 11.5. The summed E-state index contributed by atoms with van der Waals surface area (Å²) in [5.41, 5.74) is 9.47. The summed E-state index contributed by atoms with van der Waals surface area (Å²) in [5, 5.41) is 0. The summed E-state index contributed by atoms with van der Waals surface area (Å²) in [5.74, 6) is 0.00384. The van der Waals surface area contributed by atoms with Gasteiger partial charge >= 0.3 is 0 Å². The molecule has 0 saturated carbocycles. The van der Waals surface area contributed by atoms with Gasteiger partial charge in [0.05, 0.1) is 0 Å². The van der Waals surface area contributed by atoms with Gasteiger partial charge in [-0.15, -0.1) is 0 Å². The highest BCUT2D eigenvalue weighted by atomic mass is 16.1. The summed E-state index contributed by atoms with van der Waals surface area (Å²) in [6.07, 6.45) is 1.06. The fourth-order valence-electron chi connectivity index (χ4n) is 2.44. The van der Waals surface area contributed by atoms with Crippen molar-refractivity contribution >= 4 is 17.2 Å². The van der Waals surface area contributed by atoms with Gasteiger partial charge in [0.1, 0.15) is 0 Å². The van der Waals surface area contributed by atoms with Gasteiger partial charge in [-0.3, -0.25) is 4.79 Å². The van der Waals surface area contributed by atoms with Gasteiger partial charge in [-0.1, -0.05) is 37.3 Å². The number of nitrogens with two attached hydrogens (primary N) is 1. The molecule has 0 saturated heterocycles. The Bertz CT molecular complexity index is 608. The Kier molecular flexibility index (Phi) is 4.99. The van der Waals surface area contributed by atoms with Crippen molar-refractivity contribution in [2.75, 3.05) is 17.2 Å². The lowest BCUT2D eigenvalue weighted by molar-refractivity contribution is 0.101. The zero-order valence-electron chi connectivity index (χ0n) is 12.7. The molecule has 0 aliphatic rings. The molecule has 0 aliphatic carbocycles. The predicted octanol–water partition coefficient (Wildman–Crippen LogP) is 3.89. The van der Waals surface area contributed by atoms with Crippen LogP contribution < -0.4 is 10.6 Å². The van der Waals surface area contributed by atoms with Crippen molar-refractivity contribution in [3.8, 4) is 0 Å². The van der Waals surface area contributed by atoms with Crippen LogP contribution in [0.3, 0.4) is 0 Å². The number of nitrogen functional groups attached to an aromatic ring is 1. The summed E-state index contributed by atoms with van der Waals surface area (Å²) in [6.45, 7) is 5.49. The molecular weight excluding hydrogens is 260 g/mol. The van der Waals surface area contributed by atoms with Crippen LogP contribution in [0.15, 0.2) is 48.5 Å². The van der Waals surface area contributed by atoms with Crippen LogP contribution >= 0.6 is 0 Å². The number of carbonyl (C=O) groups is 1. The number of carbonyl (C=O) groups excluding carboxylic acids is 1. The lowest BCUT2D eigenvalue weighted by Crippen LogP contribution is -2.23. The van der Waals surface area contributed by atoms with Crippen LogP contribution in [0.5, 0.6) is 0 Å². The largest absolute Gasteiger partial charge is 0.398 e. The molecule has 2 rings (SSSR count). The van der Waals surface area contributed by atoms with Crippen molar-refractivity contribution in [1.82, 2.24) is 0 Å². The van der Waals surface area contributed by atoms with Crippen molar-refractivity contribution < 1.29 is 4.79 Å². The van der Waals surface area contributed by atoms with Crippen LogP contribution in [0.4, 0.5) is 11.4 Å². The Morgan fingerprint density at radius 3 is 2.43 bits per heavy atom. The Balaban J connectivity index is 2.26.